The minimum Gasteiger partial charge on any atom is -0.492 e. The van der Waals surface area contributed by atoms with Crippen LogP contribution in [0.3, 0.4) is 0 Å². The standard InChI is InChI=1S/C22H28N2O3/c1-23(2)13-14-27-20-10-6-7-18(15-20)16-24-12-11-22(17-24,21(25)26)19-8-4-3-5-9-19/h3-10,15H,11-14,16-17H2,1-2H3,(H,25,26). The molecule has 1 heterocycles. The molecule has 3 rings (SSSR count). The van der Waals surface area contributed by atoms with Crippen LogP contribution >= 0.6 is 0 Å². The maximum absolute atomic E-state index is 12.1. The lowest BCUT2D eigenvalue weighted by Gasteiger charge is -2.25. The third-order valence-corrected chi connectivity index (χ3v) is 5.20. The first-order valence-electron chi connectivity index (χ1n) is 9.37. The van der Waals surface area contributed by atoms with Gasteiger partial charge in [0.1, 0.15) is 17.8 Å². The van der Waals surface area contributed by atoms with Gasteiger partial charge in [-0.3, -0.25) is 9.69 Å². The van der Waals surface area contributed by atoms with E-state index in [0.29, 0.717) is 19.6 Å². The molecule has 1 aliphatic heterocycles. The Hall–Kier alpha value is -2.37. The number of hydrogen-bond acceptors (Lipinski definition) is 4. The van der Waals surface area contributed by atoms with Crippen LogP contribution in [0, 0.1) is 0 Å². The van der Waals surface area contributed by atoms with E-state index in [1.54, 1.807) is 0 Å². The van der Waals surface area contributed by atoms with E-state index in [2.05, 4.69) is 21.9 Å². The summed E-state index contributed by atoms with van der Waals surface area (Å²) < 4.78 is 5.82. The second-order valence-corrected chi connectivity index (χ2v) is 7.51. The van der Waals surface area contributed by atoms with Gasteiger partial charge in [-0.1, -0.05) is 42.5 Å². The average molecular weight is 368 g/mol. The van der Waals surface area contributed by atoms with Crippen LogP contribution in [0.1, 0.15) is 17.5 Å². The Balaban J connectivity index is 1.66. The van der Waals surface area contributed by atoms with Gasteiger partial charge in [-0.15, -0.1) is 0 Å². The van der Waals surface area contributed by atoms with Crippen molar-refractivity contribution in [1.29, 1.82) is 0 Å². The van der Waals surface area contributed by atoms with Crippen molar-refractivity contribution in [3.63, 3.8) is 0 Å². The Labute approximate surface area is 161 Å². The number of likely N-dealkylation sites (N-methyl/N-ethyl adjacent to an activating group) is 1. The van der Waals surface area contributed by atoms with E-state index >= 15 is 0 Å². The summed E-state index contributed by atoms with van der Waals surface area (Å²) >= 11 is 0. The zero-order chi connectivity index (χ0) is 19.3. The highest BCUT2D eigenvalue weighted by molar-refractivity contribution is 5.82. The van der Waals surface area contributed by atoms with Crippen LogP contribution in [0.2, 0.25) is 0 Å². The number of hydrogen-bond donors (Lipinski definition) is 1. The van der Waals surface area contributed by atoms with Crippen molar-refractivity contribution < 1.29 is 14.6 Å². The molecule has 1 saturated heterocycles. The molecule has 5 nitrogen and oxygen atoms in total. The number of carbonyl (C=O) groups is 1. The number of carboxylic acid groups (broad SMARTS) is 1. The van der Waals surface area contributed by atoms with Crippen molar-refractivity contribution in [3.05, 3.63) is 65.7 Å². The van der Waals surface area contributed by atoms with E-state index in [9.17, 15) is 9.90 Å². The van der Waals surface area contributed by atoms with Crippen molar-refractivity contribution in [2.24, 2.45) is 0 Å². The lowest BCUT2D eigenvalue weighted by Crippen LogP contribution is -2.38. The van der Waals surface area contributed by atoms with E-state index in [1.807, 2.05) is 56.6 Å². The molecule has 1 aliphatic rings. The lowest BCUT2D eigenvalue weighted by atomic mass is 9.80. The van der Waals surface area contributed by atoms with E-state index in [1.165, 1.54) is 0 Å². The third kappa shape index (κ3) is 4.67. The van der Waals surface area contributed by atoms with Crippen LogP contribution in [-0.2, 0) is 16.8 Å². The van der Waals surface area contributed by atoms with E-state index < -0.39 is 11.4 Å². The van der Waals surface area contributed by atoms with Gasteiger partial charge in [0.25, 0.3) is 0 Å². The summed E-state index contributed by atoms with van der Waals surface area (Å²) in [5.41, 5.74) is 1.22. The van der Waals surface area contributed by atoms with E-state index in [0.717, 1.165) is 36.5 Å². The molecule has 2 aromatic rings. The van der Waals surface area contributed by atoms with Gasteiger partial charge in [0.05, 0.1) is 0 Å². The molecule has 0 bridgehead atoms. The molecule has 2 aromatic carbocycles. The van der Waals surface area contributed by atoms with Gasteiger partial charge in [0.15, 0.2) is 0 Å². The number of rotatable bonds is 8. The predicted octanol–water partition coefficient (Wildman–Crippen LogP) is 2.86. The third-order valence-electron chi connectivity index (χ3n) is 5.20. The molecule has 0 radical (unpaired) electrons. The zero-order valence-electron chi connectivity index (χ0n) is 16.1. The summed E-state index contributed by atoms with van der Waals surface area (Å²) in [6, 6.07) is 17.7. The molecule has 0 amide bonds. The van der Waals surface area contributed by atoms with Gasteiger partial charge in [0, 0.05) is 26.2 Å². The minimum absolute atomic E-state index is 0.526. The number of ether oxygens (including phenoxy) is 1. The Bertz CT molecular complexity index is 763. The maximum atomic E-state index is 12.1. The lowest BCUT2D eigenvalue weighted by molar-refractivity contribution is -0.143. The van der Waals surface area contributed by atoms with Gasteiger partial charge in [-0.05, 0) is 43.8 Å². The number of aliphatic carboxylic acids is 1. The zero-order valence-corrected chi connectivity index (χ0v) is 16.1. The molecule has 0 aliphatic carbocycles. The summed E-state index contributed by atoms with van der Waals surface area (Å²) in [7, 11) is 4.04. The molecule has 0 spiro atoms. The Morgan fingerprint density at radius 1 is 1.19 bits per heavy atom. The highest BCUT2D eigenvalue weighted by Crippen LogP contribution is 2.35. The van der Waals surface area contributed by atoms with Crippen molar-refractivity contribution in [2.75, 3.05) is 40.3 Å². The van der Waals surface area contributed by atoms with Gasteiger partial charge in [-0.2, -0.15) is 0 Å². The van der Waals surface area contributed by atoms with Gasteiger partial charge < -0.3 is 14.7 Å². The number of nitrogens with zero attached hydrogens (tertiary/aromatic N) is 2. The average Bonchev–Trinajstić information content (AvgIpc) is 3.08. The van der Waals surface area contributed by atoms with Crippen molar-refractivity contribution in [2.45, 2.75) is 18.4 Å². The first-order chi connectivity index (χ1) is 13.0. The fourth-order valence-corrected chi connectivity index (χ4v) is 3.65. The normalized spacial score (nSPS) is 20.1. The van der Waals surface area contributed by atoms with Crippen LogP contribution < -0.4 is 4.74 Å². The Morgan fingerprint density at radius 3 is 2.67 bits per heavy atom. The second-order valence-electron chi connectivity index (χ2n) is 7.51. The SMILES string of the molecule is CN(C)CCOc1cccc(CN2CCC(C(=O)O)(c3ccccc3)C2)c1. The molecule has 27 heavy (non-hydrogen) atoms. The second kappa shape index (κ2) is 8.55. The number of benzene rings is 2. The number of likely N-dealkylation sites (tertiary alicyclic amines) is 1. The van der Waals surface area contributed by atoms with Gasteiger partial charge in [0.2, 0.25) is 0 Å². The quantitative estimate of drug-likeness (QED) is 0.777. The highest BCUT2D eigenvalue weighted by Gasteiger charge is 2.46. The topological polar surface area (TPSA) is 53.0 Å². The molecular formula is C22H28N2O3. The van der Waals surface area contributed by atoms with Crippen molar-refractivity contribution in [3.8, 4) is 5.75 Å². The van der Waals surface area contributed by atoms with Crippen LogP contribution in [-0.4, -0.2) is 61.2 Å². The van der Waals surface area contributed by atoms with E-state index in [-0.39, 0.29) is 0 Å². The summed E-state index contributed by atoms with van der Waals surface area (Å²) in [6.07, 6.45) is 0.630. The molecule has 0 saturated carbocycles. The summed E-state index contributed by atoms with van der Waals surface area (Å²) in [5, 5.41) is 9.94. The fraction of sp³-hybridized carbons (Fsp3) is 0.409. The molecule has 1 unspecified atom stereocenters. The van der Waals surface area contributed by atoms with Gasteiger partial charge >= 0.3 is 5.97 Å². The van der Waals surface area contributed by atoms with Crippen LogP contribution in [0.4, 0.5) is 0 Å². The van der Waals surface area contributed by atoms with Crippen molar-refractivity contribution >= 4 is 5.97 Å². The monoisotopic (exact) mass is 368 g/mol. The van der Waals surface area contributed by atoms with E-state index in [4.69, 9.17) is 4.74 Å². The first kappa shape index (κ1) is 19.4. The Kier molecular flexibility index (Phi) is 6.14. The van der Waals surface area contributed by atoms with Crippen LogP contribution in [0.15, 0.2) is 54.6 Å². The molecular weight excluding hydrogens is 340 g/mol. The first-order valence-corrected chi connectivity index (χ1v) is 9.37. The fourth-order valence-electron chi connectivity index (χ4n) is 3.65. The smallest absolute Gasteiger partial charge is 0.315 e. The highest BCUT2D eigenvalue weighted by atomic mass is 16.5. The Morgan fingerprint density at radius 2 is 1.96 bits per heavy atom. The number of carboxylic acids is 1. The molecule has 1 fully saturated rings. The predicted molar refractivity (Wildman–Crippen MR) is 106 cm³/mol. The molecule has 5 heteroatoms. The maximum Gasteiger partial charge on any atom is 0.315 e. The molecule has 1 N–H and O–H groups in total. The summed E-state index contributed by atoms with van der Waals surface area (Å²) in [4.78, 5) is 16.4. The minimum atomic E-state index is -0.818. The summed E-state index contributed by atoms with van der Waals surface area (Å²) in [5.74, 6) is 0.123. The van der Waals surface area contributed by atoms with Crippen molar-refractivity contribution in [1.82, 2.24) is 9.80 Å². The molecule has 1 atom stereocenters. The van der Waals surface area contributed by atoms with Gasteiger partial charge in [-0.25, -0.2) is 0 Å². The van der Waals surface area contributed by atoms with Crippen LogP contribution in [0.5, 0.6) is 5.75 Å². The molecule has 0 aromatic heterocycles. The largest absolute Gasteiger partial charge is 0.492 e. The summed E-state index contributed by atoms with van der Waals surface area (Å²) in [6.45, 7) is 3.54. The van der Waals surface area contributed by atoms with Crippen LogP contribution in [0.25, 0.3) is 0 Å². The molecule has 144 valence electrons.